The van der Waals surface area contributed by atoms with Crippen molar-refractivity contribution in [1.82, 2.24) is 0 Å². The molecule has 3 nitrogen and oxygen atoms in total. The van der Waals surface area contributed by atoms with E-state index in [1.807, 2.05) is 24.3 Å². The lowest BCUT2D eigenvalue weighted by Crippen LogP contribution is -2.12. The van der Waals surface area contributed by atoms with Crippen molar-refractivity contribution in [2.45, 2.75) is 6.42 Å². The lowest BCUT2D eigenvalue weighted by atomic mass is 10.1. The van der Waals surface area contributed by atoms with Crippen LogP contribution in [-0.4, -0.2) is 23.0 Å². The van der Waals surface area contributed by atoms with E-state index in [0.717, 1.165) is 11.3 Å². The molecule has 76 valence electrons. The smallest absolute Gasteiger partial charge is 0.235 e. The van der Waals surface area contributed by atoms with Gasteiger partial charge in [0.1, 0.15) is 0 Å². The molecule has 0 fully saturated rings. The molecule has 0 unspecified atom stereocenters. The van der Waals surface area contributed by atoms with Crippen LogP contribution in [0.1, 0.15) is 5.56 Å². The number of aliphatic hydroxyl groups excluding tert-OH is 1. The van der Waals surface area contributed by atoms with Crippen LogP contribution in [0.25, 0.3) is 0 Å². The molecule has 0 saturated heterocycles. The fourth-order valence-electron chi connectivity index (χ4n) is 1.08. The second kappa shape index (κ2) is 5.78. The maximum atomic E-state index is 11.0. The van der Waals surface area contributed by atoms with E-state index in [4.69, 9.17) is 5.11 Å². The van der Waals surface area contributed by atoms with Gasteiger partial charge in [0.05, 0.1) is 5.33 Å². The summed E-state index contributed by atoms with van der Waals surface area (Å²) in [4.78, 5) is 11.0. The first-order valence-electron chi connectivity index (χ1n) is 4.32. The fraction of sp³-hybridized carbons (Fsp3) is 0.300. The maximum absolute atomic E-state index is 11.0. The molecule has 0 aromatic heterocycles. The summed E-state index contributed by atoms with van der Waals surface area (Å²) < 4.78 is 0. The maximum Gasteiger partial charge on any atom is 0.235 e. The predicted octanol–water partition coefficient (Wildman–Crippen LogP) is 1.55. The lowest BCUT2D eigenvalue weighted by Gasteiger charge is -2.03. The zero-order valence-electron chi connectivity index (χ0n) is 7.66. The number of benzene rings is 1. The number of carbonyl (C=O) groups excluding carboxylic acids is 1. The molecule has 1 aromatic carbocycles. The van der Waals surface area contributed by atoms with Gasteiger partial charge < -0.3 is 10.4 Å². The van der Waals surface area contributed by atoms with Gasteiger partial charge in [-0.1, -0.05) is 28.1 Å². The van der Waals surface area contributed by atoms with E-state index in [0.29, 0.717) is 11.8 Å². The highest BCUT2D eigenvalue weighted by Crippen LogP contribution is 2.09. The average Bonchev–Trinajstić information content (AvgIpc) is 2.21. The third-order valence-electron chi connectivity index (χ3n) is 1.76. The number of nitrogens with one attached hydrogen (secondary N) is 1. The molecular weight excluding hydrogens is 246 g/mol. The number of amides is 1. The van der Waals surface area contributed by atoms with Gasteiger partial charge in [0.2, 0.25) is 5.91 Å². The zero-order valence-corrected chi connectivity index (χ0v) is 9.25. The van der Waals surface area contributed by atoms with Crippen LogP contribution < -0.4 is 5.32 Å². The summed E-state index contributed by atoms with van der Waals surface area (Å²) in [7, 11) is 0. The predicted molar refractivity (Wildman–Crippen MR) is 59.7 cm³/mol. The van der Waals surface area contributed by atoms with Gasteiger partial charge in [0, 0.05) is 12.3 Å². The molecule has 0 atom stereocenters. The Labute approximate surface area is 91.3 Å². The van der Waals surface area contributed by atoms with Gasteiger partial charge in [0.25, 0.3) is 0 Å². The second-order valence-electron chi connectivity index (χ2n) is 2.85. The van der Waals surface area contributed by atoms with Crippen LogP contribution >= 0.6 is 15.9 Å². The van der Waals surface area contributed by atoms with Crippen molar-refractivity contribution in [2.24, 2.45) is 0 Å². The quantitative estimate of drug-likeness (QED) is 0.805. The number of carbonyl (C=O) groups is 1. The standard InChI is InChI=1S/C10H12BrNO2/c11-7-10(14)12-9-3-1-8(2-4-9)5-6-13/h1-4,13H,5-7H2,(H,12,14). The summed E-state index contributed by atoms with van der Waals surface area (Å²) >= 11 is 3.07. The first kappa shape index (κ1) is 11.2. The molecule has 0 aliphatic rings. The third kappa shape index (κ3) is 3.47. The Bertz CT molecular complexity index is 297. The van der Waals surface area contributed by atoms with Crippen LogP contribution in [0.4, 0.5) is 5.69 Å². The van der Waals surface area contributed by atoms with Gasteiger partial charge in [-0.2, -0.15) is 0 Å². The Balaban J connectivity index is 2.59. The Morgan fingerprint density at radius 3 is 2.50 bits per heavy atom. The van der Waals surface area contributed by atoms with Gasteiger partial charge in [-0.15, -0.1) is 0 Å². The molecule has 0 radical (unpaired) electrons. The van der Waals surface area contributed by atoms with E-state index in [1.54, 1.807) is 0 Å². The minimum absolute atomic E-state index is 0.0695. The van der Waals surface area contributed by atoms with Crippen LogP contribution in [0.5, 0.6) is 0 Å². The zero-order chi connectivity index (χ0) is 10.4. The van der Waals surface area contributed by atoms with Crippen LogP contribution in [0.15, 0.2) is 24.3 Å². The van der Waals surface area contributed by atoms with Crippen molar-refractivity contribution in [3.05, 3.63) is 29.8 Å². The summed E-state index contributed by atoms with van der Waals surface area (Å²) in [5.41, 5.74) is 1.83. The molecule has 0 heterocycles. The largest absolute Gasteiger partial charge is 0.396 e. The molecule has 14 heavy (non-hydrogen) atoms. The van der Waals surface area contributed by atoms with Crippen LogP contribution in [0.3, 0.4) is 0 Å². The number of halogens is 1. The van der Waals surface area contributed by atoms with E-state index in [-0.39, 0.29) is 12.5 Å². The van der Waals surface area contributed by atoms with Crippen molar-refractivity contribution in [3.63, 3.8) is 0 Å². The fourth-order valence-corrected chi connectivity index (χ4v) is 1.22. The Hall–Kier alpha value is -0.870. The monoisotopic (exact) mass is 257 g/mol. The third-order valence-corrected chi connectivity index (χ3v) is 2.27. The number of hydrogen-bond donors (Lipinski definition) is 2. The first-order chi connectivity index (χ1) is 6.76. The summed E-state index contributed by atoms with van der Waals surface area (Å²) in [6.45, 7) is 0.146. The van der Waals surface area contributed by atoms with Crippen LogP contribution in [0, 0.1) is 0 Å². The van der Waals surface area contributed by atoms with Gasteiger partial charge >= 0.3 is 0 Å². The average molecular weight is 258 g/mol. The Morgan fingerprint density at radius 1 is 1.36 bits per heavy atom. The van der Waals surface area contributed by atoms with E-state index in [1.165, 1.54) is 0 Å². The summed E-state index contributed by atoms with van der Waals surface area (Å²) in [6, 6.07) is 7.43. The van der Waals surface area contributed by atoms with Crippen LogP contribution in [-0.2, 0) is 11.2 Å². The molecule has 0 spiro atoms. The van der Waals surface area contributed by atoms with Gasteiger partial charge in [-0.05, 0) is 24.1 Å². The van der Waals surface area contributed by atoms with E-state index < -0.39 is 0 Å². The highest BCUT2D eigenvalue weighted by Gasteiger charge is 1.99. The van der Waals surface area contributed by atoms with Crippen molar-refractivity contribution in [1.29, 1.82) is 0 Å². The molecule has 4 heteroatoms. The number of aliphatic hydroxyl groups is 1. The summed E-state index contributed by atoms with van der Waals surface area (Å²) in [6.07, 6.45) is 0.646. The topological polar surface area (TPSA) is 49.3 Å². The van der Waals surface area contributed by atoms with E-state index >= 15 is 0 Å². The van der Waals surface area contributed by atoms with Gasteiger partial charge in [-0.3, -0.25) is 4.79 Å². The molecule has 0 bridgehead atoms. The van der Waals surface area contributed by atoms with Crippen molar-refractivity contribution >= 4 is 27.5 Å². The van der Waals surface area contributed by atoms with E-state index in [2.05, 4.69) is 21.2 Å². The van der Waals surface area contributed by atoms with Crippen LogP contribution in [0.2, 0.25) is 0 Å². The number of rotatable bonds is 4. The minimum atomic E-state index is -0.0695. The highest BCUT2D eigenvalue weighted by molar-refractivity contribution is 9.09. The number of alkyl halides is 1. The Kier molecular flexibility index (Phi) is 4.62. The molecule has 1 rings (SSSR count). The normalized spacial score (nSPS) is 9.86. The molecular formula is C10H12BrNO2. The molecule has 1 aromatic rings. The van der Waals surface area contributed by atoms with Crippen molar-refractivity contribution in [3.8, 4) is 0 Å². The molecule has 0 saturated carbocycles. The molecule has 0 aliphatic heterocycles. The lowest BCUT2D eigenvalue weighted by molar-refractivity contribution is -0.113. The van der Waals surface area contributed by atoms with Gasteiger partial charge in [-0.25, -0.2) is 0 Å². The molecule has 0 aliphatic carbocycles. The molecule has 1 amide bonds. The van der Waals surface area contributed by atoms with Crippen molar-refractivity contribution < 1.29 is 9.90 Å². The first-order valence-corrected chi connectivity index (χ1v) is 5.44. The number of hydrogen-bond acceptors (Lipinski definition) is 2. The second-order valence-corrected chi connectivity index (χ2v) is 3.41. The summed E-state index contributed by atoms with van der Waals surface area (Å²) in [5, 5.41) is 11.7. The van der Waals surface area contributed by atoms with Gasteiger partial charge in [0.15, 0.2) is 0 Å². The SMILES string of the molecule is O=C(CBr)Nc1ccc(CCO)cc1. The minimum Gasteiger partial charge on any atom is -0.396 e. The van der Waals surface area contributed by atoms with E-state index in [9.17, 15) is 4.79 Å². The van der Waals surface area contributed by atoms with Crippen molar-refractivity contribution in [2.75, 3.05) is 17.3 Å². The Morgan fingerprint density at radius 2 is 2.00 bits per heavy atom. The number of anilines is 1. The summed E-state index contributed by atoms with van der Waals surface area (Å²) in [5.74, 6) is -0.0695. The molecule has 2 N–H and O–H groups in total. The highest BCUT2D eigenvalue weighted by atomic mass is 79.9.